The molecular weight excluding hydrogens is 311 g/mol. The first-order chi connectivity index (χ1) is 10.1. The molecule has 2 nitrogen and oxygen atoms in total. The lowest BCUT2D eigenvalue weighted by Gasteiger charge is -2.00. The topological polar surface area (TPSA) is 30.2 Å². The first-order valence-corrected chi connectivity index (χ1v) is 7.60. The summed E-state index contributed by atoms with van der Waals surface area (Å²) in [4.78, 5) is 12.6. The molecule has 0 saturated carbocycles. The van der Waals surface area contributed by atoms with Gasteiger partial charge in [-0.25, -0.2) is 4.39 Å². The number of ketones is 1. The van der Waals surface area contributed by atoms with Crippen molar-refractivity contribution in [2.45, 2.75) is 4.90 Å². The van der Waals surface area contributed by atoms with Gasteiger partial charge in [0.05, 0.1) is 10.8 Å². The van der Waals surface area contributed by atoms with Crippen molar-refractivity contribution in [3.05, 3.63) is 65.1 Å². The molecule has 0 bridgehead atoms. The monoisotopic (exact) mass is 320 g/mol. The van der Waals surface area contributed by atoms with E-state index in [1.807, 2.05) is 6.07 Å². The highest BCUT2D eigenvalue weighted by Crippen LogP contribution is 2.28. The van der Waals surface area contributed by atoms with Crippen LogP contribution in [0.3, 0.4) is 0 Å². The van der Waals surface area contributed by atoms with E-state index in [0.717, 1.165) is 17.1 Å². The van der Waals surface area contributed by atoms with Gasteiger partial charge >= 0.3 is 0 Å². The highest BCUT2D eigenvalue weighted by atomic mass is 35.5. The molecule has 21 heavy (non-hydrogen) atoms. The number of carbonyl (C=O) groups is 1. The number of benzene rings is 2. The zero-order chi connectivity index (χ0) is 14.8. The summed E-state index contributed by atoms with van der Waals surface area (Å²) >= 11 is 7.16. The van der Waals surface area contributed by atoms with E-state index in [9.17, 15) is 9.18 Å². The number of hydrogen-bond acceptors (Lipinski definition) is 3. The molecule has 1 aromatic heterocycles. The van der Waals surface area contributed by atoms with Crippen LogP contribution in [-0.4, -0.2) is 11.5 Å². The van der Waals surface area contributed by atoms with E-state index < -0.39 is 0 Å². The summed E-state index contributed by atoms with van der Waals surface area (Å²) in [5.74, 6) is -0.182. The van der Waals surface area contributed by atoms with Crippen molar-refractivity contribution in [3.8, 4) is 0 Å². The van der Waals surface area contributed by atoms with Crippen molar-refractivity contribution in [2.75, 3.05) is 5.75 Å². The van der Waals surface area contributed by atoms with E-state index >= 15 is 0 Å². The molecule has 3 rings (SSSR count). The van der Waals surface area contributed by atoms with Crippen LogP contribution in [0.25, 0.3) is 11.0 Å². The van der Waals surface area contributed by atoms with Crippen LogP contribution < -0.4 is 0 Å². The lowest BCUT2D eigenvalue weighted by atomic mass is 10.2. The quantitative estimate of drug-likeness (QED) is 0.489. The second-order valence-electron chi connectivity index (χ2n) is 4.41. The minimum absolute atomic E-state index is 0.109. The smallest absolute Gasteiger partial charge is 0.208 e. The Kier molecular flexibility index (Phi) is 3.99. The lowest BCUT2D eigenvalue weighted by Crippen LogP contribution is -2.00. The Hall–Kier alpha value is -1.78. The molecule has 5 heteroatoms. The Morgan fingerprint density at radius 1 is 1.19 bits per heavy atom. The number of para-hydroxylation sites is 1. The normalized spacial score (nSPS) is 11.0. The Bertz CT molecular complexity index is 813. The van der Waals surface area contributed by atoms with E-state index in [2.05, 4.69) is 0 Å². The molecule has 0 N–H and O–H groups in total. The van der Waals surface area contributed by atoms with Crippen LogP contribution in [0.1, 0.15) is 10.6 Å². The van der Waals surface area contributed by atoms with E-state index in [0.29, 0.717) is 15.5 Å². The number of furan rings is 1. The van der Waals surface area contributed by atoms with Gasteiger partial charge in [0.25, 0.3) is 0 Å². The number of thioether (sulfide) groups is 1. The maximum Gasteiger partial charge on any atom is 0.208 e. The summed E-state index contributed by atoms with van der Waals surface area (Å²) in [6, 6.07) is 13.3. The molecule has 0 radical (unpaired) electrons. The Morgan fingerprint density at radius 3 is 2.76 bits per heavy atom. The predicted octanol–water partition coefficient (Wildman–Crippen LogP) is 5.20. The number of Topliss-reactive ketones (excluding diaryl/α,β-unsaturated/α-hetero) is 1. The summed E-state index contributed by atoms with van der Waals surface area (Å²) in [5, 5.41) is 1.25. The average molecular weight is 321 g/mol. The van der Waals surface area contributed by atoms with Gasteiger partial charge in [-0.15, -0.1) is 11.8 Å². The van der Waals surface area contributed by atoms with Gasteiger partial charge in [-0.1, -0.05) is 35.9 Å². The predicted molar refractivity (Wildman–Crippen MR) is 82.7 cm³/mol. The van der Waals surface area contributed by atoms with Crippen molar-refractivity contribution in [1.82, 2.24) is 0 Å². The van der Waals surface area contributed by atoms with E-state index in [1.165, 1.54) is 6.07 Å². The van der Waals surface area contributed by atoms with Gasteiger partial charge in [0.2, 0.25) is 5.78 Å². The fourth-order valence-corrected chi connectivity index (χ4v) is 2.97. The van der Waals surface area contributed by atoms with Crippen molar-refractivity contribution >= 4 is 40.1 Å². The fraction of sp³-hybridized carbons (Fsp3) is 0.0625. The molecule has 0 fully saturated rings. The Balaban J connectivity index is 1.78. The van der Waals surface area contributed by atoms with Crippen LogP contribution in [-0.2, 0) is 0 Å². The van der Waals surface area contributed by atoms with Crippen molar-refractivity contribution in [2.24, 2.45) is 0 Å². The van der Waals surface area contributed by atoms with Crippen molar-refractivity contribution < 1.29 is 13.6 Å². The van der Waals surface area contributed by atoms with Gasteiger partial charge in [0, 0.05) is 10.3 Å². The number of fused-ring (bicyclic) bond motifs is 1. The minimum atomic E-state index is -0.331. The second kappa shape index (κ2) is 5.92. The molecule has 3 aromatic rings. The third-order valence-corrected chi connectivity index (χ3v) is 4.31. The van der Waals surface area contributed by atoms with Gasteiger partial charge in [-0.05, 0) is 24.3 Å². The molecule has 2 aromatic carbocycles. The molecule has 0 aliphatic heterocycles. The van der Waals surface area contributed by atoms with Crippen molar-refractivity contribution in [3.63, 3.8) is 0 Å². The molecule has 0 amide bonds. The third-order valence-electron chi connectivity index (χ3n) is 2.97. The van der Waals surface area contributed by atoms with Crippen LogP contribution in [0.4, 0.5) is 4.39 Å². The largest absolute Gasteiger partial charge is 0.451 e. The summed E-state index contributed by atoms with van der Waals surface area (Å²) in [6.45, 7) is 0. The summed E-state index contributed by atoms with van der Waals surface area (Å²) < 4.78 is 19.0. The third kappa shape index (κ3) is 2.96. The SMILES string of the molecule is O=C(CSc1ccccc1F)c1cc2cccc(Cl)c2o1. The first-order valence-electron chi connectivity index (χ1n) is 6.24. The van der Waals surface area contributed by atoms with Crippen LogP contribution in [0.2, 0.25) is 5.02 Å². The first kappa shape index (κ1) is 14.2. The van der Waals surface area contributed by atoms with Crippen LogP contribution in [0.5, 0.6) is 0 Å². The molecule has 0 aliphatic carbocycles. The fourth-order valence-electron chi connectivity index (χ4n) is 1.94. The number of rotatable bonds is 4. The standard InChI is InChI=1S/C16H10ClFO2S/c17-11-5-3-4-10-8-14(20-16(10)11)13(19)9-21-15-7-2-1-6-12(15)18/h1-8H,9H2. The Labute approximate surface area is 129 Å². The number of hydrogen-bond donors (Lipinski definition) is 0. The second-order valence-corrected chi connectivity index (χ2v) is 5.84. The maximum atomic E-state index is 13.5. The average Bonchev–Trinajstić information content (AvgIpc) is 2.92. The van der Waals surface area contributed by atoms with Crippen LogP contribution in [0, 0.1) is 5.82 Å². The highest BCUT2D eigenvalue weighted by Gasteiger charge is 2.15. The number of halogens is 2. The molecule has 106 valence electrons. The lowest BCUT2D eigenvalue weighted by molar-refractivity contribution is 0.0994. The Morgan fingerprint density at radius 2 is 2.00 bits per heavy atom. The molecule has 1 heterocycles. The molecule has 0 spiro atoms. The van der Waals surface area contributed by atoms with E-state index in [1.54, 1.807) is 36.4 Å². The van der Waals surface area contributed by atoms with Crippen LogP contribution >= 0.6 is 23.4 Å². The van der Waals surface area contributed by atoms with Gasteiger partial charge in [-0.2, -0.15) is 0 Å². The van der Waals surface area contributed by atoms with Gasteiger partial charge in [-0.3, -0.25) is 4.79 Å². The summed E-state index contributed by atoms with van der Waals surface area (Å²) in [6.07, 6.45) is 0. The number of carbonyl (C=O) groups excluding carboxylic acids is 1. The van der Waals surface area contributed by atoms with Gasteiger partial charge in [0.1, 0.15) is 5.82 Å². The minimum Gasteiger partial charge on any atom is -0.451 e. The maximum absolute atomic E-state index is 13.5. The van der Waals surface area contributed by atoms with E-state index in [4.69, 9.17) is 16.0 Å². The zero-order valence-corrected chi connectivity index (χ0v) is 12.4. The highest BCUT2D eigenvalue weighted by molar-refractivity contribution is 8.00. The summed E-state index contributed by atoms with van der Waals surface area (Å²) in [5.41, 5.74) is 0.499. The summed E-state index contributed by atoms with van der Waals surface area (Å²) in [7, 11) is 0. The van der Waals surface area contributed by atoms with Gasteiger partial charge in [0.15, 0.2) is 11.3 Å². The molecule has 0 aliphatic rings. The zero-order valence-electron chi connectivity index (χ0n) is 10.8. The van der Waals surface area contributed by atoms with Crippen LogP contribution in [0.15, 0.2) is 57.8 Å². The molecule has 0 unspecified atom stereocenters. The molecular formula is C16H10ClFO2S. The molecule has 0 atom stereocenters. The molecule has 0 saturated heterocycles. The van der Waals surface area contributed by atoms with Crippen molar-refractivity contribution in [1.29, 1.82) is 0 Å². The van der Waals surface area contributed by atoms with E-state index in [-0.39, 0.29) is 23.1 Å². The van der Waals surface area contributed by atoms with Gasteiger partial charge < -0.3 is 4.42 Å².